The minimum Gasteiger partial charge on any atom is -0.486 e. The number of benzene rings is 1. The molecule has 0 bridgehead atoms. The van der Waals surface area contributed by atoms with E-state index in [1.165, 1.54) is 0 Å². The van der Waals surface area contributed by atoms with Crippen LogP contribution in [0.4, 0.5) is 0 Å². The molecule has 0 saturated carbocycles. The first-order chi connectivity index (χ1) is 8.20. The largest absolute Gasteiger partial charge is 0.486 e. The molecule has 1 aliphatic heterocycles. The van der Waals surface area contributed by atoms with Crippen LogP contribution >= 0.6 is 0 Å². The zero-order chi connectivity index (χ0) is 12.3. The summed E-state index contributed by atoms with van der Waals surface area (Å²) in [5.41, 5.74) is 0.939. The number of aliphatic carboxylic acids is 1. The lowest BCUT2D eigenvalue weighted by Crippen LogP contribution is -2.15. The second-order valence-electron chi connectivity index (χ2n) is 3.52. The summed E-state index contributed by atoms with van der Waals surface area (Å²) in [4.78, 5) is 10.6. The maximum Gasteiger partial charge on any atom is 0.328 e. The van der Waals surface area contributed by atoms with E-state index in [1.807, 2.05) is 0 Å². The van der Waals surface area contributed by atoms with Crippen LogP contribution in [-0.2, 0) is 4.79 Å². The Labute approximate surface area is 97.9 Å². The summed E-state index contributed by atoms with van der Waals surface area (Å²) in [6.45, 7) is 0.629. The van der Waals surface area contributed by atoms with Crippen LogP contribution < -0.4 is 9.47 Å². The summed E-state index contributed by atoms with van der Waals surface area (Å²) in [5.74, 6) is 0.107. The SMILES string of the molecule is O=C(O)/C=C(\CO)c1ccc2c(c1)OCCO2. The van der Waals surface area contributed by atoms with E-state index in [2.05, 4.69) is 0 Å². The van der Waals surface area contributed by atoms with E-state index in [0.29, 0.717) is 35.8 Å². The fourth-order valence-electron chi connectivity index (χ4n) is 1.61. The summed E-state index contributed by atoms with van der Waals surface area (Å²) in [6, 6.07) is 5.06. The molecule has 17 heavy (non-hydrogen) atoms. The molecular weight excluding hydrogens is 224 g/mol. The van der Waals surface area contributed by atoms with Crippen molar-refractivity contribution in [2.45, 2.75) is 0 Å². The molecular formula is C12H12O5. The van der Waals surface area contributed by atoms with Crippen LogP contribution in [0, 0.1) is 0 Å². The Morgan fingerprint density at radius 3 is 2.65 bits per heavy atom. The third kappa shape index (κ3) is 2.57. The van der Waals surface area contributed by atoms with E-state index >= 15 is 0 Å². The first kappa shape index (κ1) is 11.5. The maximum absolute atomic E-state index is 10.6. The molecule has 0 spiro atoms. The van der Waals surface area contributed by atoms with Crippen LogP contribution in [0.25, 0.3) is 5.57 Å². The predicted molar refractivity (Wildman–Crippen MR) is 60.1 cm³/mol. The van der Waals surface area contributed by atoms with Crippen molar-refractivity contribution in [2.24, 2.45) is 0 Å². The van der Waals surface area contributed by atoms with Crippen molar-refractivity contribution >= 4 is 11.5 Å². The Hall–Kier alpha value is -2.01. The highest BCUT2D eigenvalue weighted by Crippen LogP contribution is 2.32. The van der Waals surface area contributed by atoms with Gasteiger partial charge in [-0.1, -0.05) is 6.07 Å². The number of fused-ring (bicyclic) bond motifs is 1. The number of carboxylic acids is 1. The van der Waals surface area contributed by atoms with Gasteiger partial charge in [0.1, 0.15) is 13.2 Å². The molecule has 0 fully saturated rings. The summed E-state index contributed by atoms with van der Waals surface area (Å²) < 4.78 is 10.7. The van der Waals surface area contributed by atoms with E-state index in [1.54, 1.807) is 18.2 Å². The first-order valence-corrected chi connectivity index (χ1v) is 5.15. The topological polar surface area (TPSA) is 76.0 Å². The highest BCUT2D eigenvalue weighted by molar-refractivity contribution is 5.90. The van der Waals surface area contributed by atoms with Crippen LogP contribution in [0.3, 0.4) is 0 Å². The number of rotatable bonds is 3. The number of aliphatic hydroxyl groups excluding tert-OH is 1. The third-order valence-electron chi connectivity index (χ3n) is 2.38. The van der Waals surface area contributed by atoms with Crippen molar-refractivity contribution in [3.05, 3.63) is 29.8 Å². The maximum atomic E-state index is 10.6. The monoisotopic (exact) mass is 236 g/mol. The van der Waals surface area contributed by atoms with E-state index < -0.39 is 5.97 Å². The molecule has 5 heteroatoms. The van der Waals surface area contributed by atoms with Gasteiger partial charge in [-0.2, -0.15) is 0 Å². The van der Waals surface area contributed by atoms with E-state index in [0.717, 1.165) is 6.08 Å². The fourth-order valence-corrected chi connectivity index (χ4v) is 1.61. The van der Waals surface area contributed by atoms with E-state index in [9.17, 15) is 4.79 Å². The molecule has 1 aromatic carbocycles. The predicted octanol–water partition coefficient (Wildman–Crippen LogP) is 0.918. The average Bonchev–Trinajstić information content (AvgIpc) is 2.35. The molecule has 1 aromatic rings. The summed E-state index contributed by atoms with van der Waals surface area (Å²) >= 11 is 0. The van der Waals surface area contributed by atoms with E-state index in [4.69, 9.17) is 19.7 Å². The normalized spacial score (nSPS) is 14.5. The molecule has 0 unspecified atom stereocenters. The van der Waals surface area contributed by atoms with Gasteiger partial charge in [0.25, 0.3) is 0 Å². The Morgan fingerprint density at radius 2 is 2.00 bits per heavy atom. The van der Waals surface area contributed by atoms with Gasteiger partial charge in [0.05, 0.1) is 6.61 Å². The van der Waals surface area contributed by atoms with Gasteiger partial charge in [-0.25, -0.2) is 4.79 Å². The van der Waals surface area contributed by atoms with Crippen molar-refractivity contribution in [3.63, 3.8) is 0 Å². The summed E-state index contributed by atoms with van der Waals surface area (Å²) in [5, 5.41) is 17.8. The number of carboxylic acid groups (broad SMARTS) is 1. The summed E-state index contributed by atoms with van der Waals surface area (Å²) in [6.07, 6.45) is 0.978. The molecule has 0 aromatic heterocycles. The van der Waals surface area contributed by atoms with Gasteiger partial charge in [0, 0.05) is 6.08 Å². The fraction of sp³-hybridized carbons (Fsp3) is 0.250. The number of hydrogen-bond donors (Lipinski definition) is 2. The lowest BCUT2D eigenvalue weighted by molar-refractivity contribution is -0.131. The number of aliphatic hydroxyl groups is 1. The van der Waals surface area contributed by atoms with Gasteiger partial charge in [-0.05, 0) is 23.3 Å². The molecule has 0 radical (unpaired) electrons. The second kappa shape index (κ2) is 4.88. The molecule has 2 rings (SSSR count). The molecule has 90 valence electrons. The second-order valence-corrected chi connectivity index (χ2v) is 3.52. The molecule has 1 aliphatic rings. The molecule has 1 heterocycles. The van der Waals surface area contributed by atoms with Gasteiger partial charge in [0.15, 0.2) is 11.5 Å². The van der Waals surface area contributed by atoms with Crippen LogP contribution in [0.1, 0.15) is 5.56 Å². The molecule has 0 saturated heterocycles. The van der Waals surface area contributed by atoms with Gasteiger partial charge < -0.3 is 19.7 Å². The molecule has 0 aliphatic carbocycles. The molecule has 0 atom stereocenters. The Bertz CT molecular complexity index is 464. The highest BCUT2D eigenvalue weighted by atomic mass is 16.6. The minimum absolute atomic E-state index is 0.328. The van der Waals surface area contributed by atoms with Crippen LogP contribution in [0.5, 0.6) is 11.5 Å². The van der Waals surface area contributed by atoms with Crippen LogP contribution in [0.15, 0.2) is 24.3 Å². The third-order valence-corrected chi connectivity index (χ3v) is 2.38. The minimum atomic E-state index is -1.09. The average molecular weight is 236 g/mol. The van der Waals surface area contributed by atoms with Crippen LogP contribution in [-0.4, -0.2) is 36.0 Å². The van der Waals surface area contributed by atoms with Gasteiger partial charge in [-0.15, -0.1) is 0 Å². The molecule has 0 amide bonds. The highest BCUT2D eigenvalue weighted by Gasteiger charge is 2.13. The van der Waals surface area contributed by atoms with Crippen molar-refractivity contribution in [2.75, 3.05) is 19.8 Å². The van der Waals surface area contributed by atoms with Gasteiger partial charge in [0.2, 0.25) is 0 Å². The number of hydrogen-bond acceptors (Lipinski definition) is 4. The van der Waals surface area contributed by atoms with Gasteiger partial charge in [-0.3, -0.25) is 0 Å². The lowest BCUT2D eigenvalue weighted by atomic mass is 10.1. The Balaban J connectivity index is 2.35. The Morgan fingerprint density at radius 1 is 1.29 bits per heavy atom. The lowest BCUT2D eigenvalue weighted by Gasteiger charge is -2.19. The zero-order valence-corrected chi connectivity index (χ0v) is 9.05. The molecule has 2 N–H and O–H groups in total. The van der Waals surface area contributed by atoms with Crippen LogP contribution in [0.2, 0.25) is 0 Å². The smallest absolute Gasteiger partial charge is 0.328 e. The summed E-state index contributed by atoms with van der Waals surface area (Å²) in [7, 11) is 0. The van der Waals surface area contributed by atoms with Crippen molar-refractivity contribution in [3.8, 4) is 11.5 Å². The first-order valence-electron chi connectivity index (χ1n) is 5.15. The van der Waals surface area contributed by atoms with Crippen molar-refractivity contribution < 1.29 is 24.5 Å². The van der Waals surface area contributed by atoms with E-state index in [-0.39, 0.29) is 6.61 Å². The van der Waals surface area contributed by atoms with Gasteiger partial charge >= 0.3 is 5.97 Å². The van der Waals surface area contributed by atoms with Crippen molar-refractivity contribution in [1.29, 1.82) is 0 Å². The number of carbonyl (C=O) groups is 1. The van der Waals surface area contributed by atoms with Crippen molar-refractivity contribution in [1.82, 2.24) is 0 Å². The standard InChI is InChI=1S/C12H12O5/c13-7-9(6-12(14)15)8-1-2-10-11(5-8)17-4-3-16-10/h1-2,5-6,13H,3-4,7H2,(H,14,15)/b9-6+. The number of ether oxygens (including phenoxy) is 2. The molecule has 5 nitrogen and oxygen atoms in total. The zero-order valence-electron chi connectivity index (χ0n) is 9.05. The quantitative estimate of drug-likeness (QED) is 0.763. The Kier molecular flexibility index (Phi) is 3.30.